The molecule has 0 bridgehead atoms. The molecule has 23 heavy (non-hydrogen) atoms. The monoisotopic (exact) mass is 305 g/mol. The van der Waals surface area contributed by atoms with Gasteiger partial charge in [0.15, 0.2) is 0 Å². The smallest absolute Gasteiger partial charge is 0.123 e. The van der Waals surface area contributed by atoms with Crippen molar-refractivity contribution in [1.82, 2.24) is 4.98 Å². The van der Waals surface area contributed by atoms with Crippen LogP contribution in [0.4, 0.5) is 10.1 Å². The summed E-state index contributed by atoms with van der Waals surface area (Å²) in [4.78, 5) is 4.49. The summed E-state index contributed by atoms with van der Waals surface area (Å²) in [6, 6.07) is 13.9. The van der Waals surface area contributed by atoms with Crippen LogP contribution in [0.1, 0.15) is 11.1 Å². The number of hydrogen-bond acceptors (Lipinski definition) is 3. The quantitative estimate of drug-likeness (QED) is 0.555. The average Bonchev–Trinajstić information content (AvgIpc) is 2.55. The van der Waals surface area contributed by atoms with Gasteiger partial charge in [-0.2, -0.15) is 0 Å². The van der Waals surface area contributed by atoms with Crippen LogP contribution < -0.4 is 5.73 Å². The van der Waals surface area contributed by atoms with Crippen LogP contribution in [0.25, 0.3) is 22.4 Å². The van der Waals surface area contributed by atoms with Gasteiger partial charge < -0.3 is 11.1 Å². The fourth-order valence-corrected chi connectivity index (χ4v) is 2.52. The highest BCUT2D eigenvalue weighted by atomic mass is 19.1. The molecule has 2 aromatic carbocycles. The van der Waals surface area contributed by atoms with Gasteiger partial charge in [0, 0.05) is 34.8 Å². The van der Waals surface area contributed by atoms with Gasteiger partial charge in [-0.3, -0.25) is 4.98 Å². The van der Waals surface area contributed by atoms with Gasteiger partial charge in [0.25, 0.3) is 0 Å². The number of nitrogens with two attached hydrogens (primary N) is 1. The number of anilines is 1. The lowest BCUT2D eigenvalue weighted by Gasteiger charge is -2.12. The highest BCUT2D eigenvalue weighted by Crippen LogP contribution is 2.32. The van der Waals surface area contributed by atoms with Crippen molar-refractivity contribution in [3.63, 3.8) is 0 Å². The van der Waals surface area contributed by atoms with E-state index in [9.17, 15) is 4.39 Å². The third kappa shape index (κ3) is 2.97. The topological polar surface area (TPSA) is 62.8 Å². The van der Waals surface area contributed by atoms with Gasteiger partial charge in [0.05, 0.1) is 5.69 Å². The maximum absolute atomic E-state index is 13.6. The summed E-state index contributed by atoms with van der Waals surface area (Å²) in [7, 11) is 0. The van der Waals surface area contributed by atoms with E-state index in [4.69, 9.17) is 11.1 Å². The summed E-state index contributed by atoms with van der Waals surface area (Å²) in [6.45, 7) is 1.96. The standard InChI is InChI=1S/C19H16FN3/c1-12-7-17(13-5-6-18(22)15(8-13)10-21)19(23-11-12)14-3-2-4-16(20)9-14/h2-11,21H,22H2,1H3. The van der Waals surface area contributed by atoms with Crippen LogP contribution in [0, 0.1) is 18.2 Å². The zero-order chi connectivity index (χ0) is 16.4. The molecule has 0 aliphatic rings. The van der Waals surface area contributed by atoms with Gasteiger partial charge in [-0.05, 0) is 48.4 Å². The number of nitrogens with zero attached hydrogens (tertiary/aromatic N) is 1. The second-order valence-electron chi connectivity index (χ2n) is 5.41. The van der Waals surface area contributed by atoms with E-state index < -0.39 is 0 Å². The maximum Gasteiger partial charge on any atom is 0.123 e. The number of pyridine rings is 1. The lowest BCUT2D eigenvalue weighted by molar-refractivity contribution is 0.628. The lowest BCUT2D eigenvalue weighted by Crippen LogP contribution is -1.95. The molecule has 0 amide bonds. The predicted molar refractivity (Wildman–Crippen MR) is 92.1 cm³/mol. The third-order valence-electron chi connectivity index (χ3n) is 3.68. The first kappa shape index (κ1) is 14.9. The molecule has 114 valence electrons. The molecule has 0 aliphatic heterocycles. The molecule has 0 saturated carbocycles. The Balaban J connectivity index is 2.23. The Morgan fingerprint density at radius 2 is 1.91 bits per heavy atom. The van der Waals surface area contributed by atoms with E-state index in [0.717, 1.165) is 16.7 Å². The van der Waals surface area contributed by atoms with Crippen molar-refractivity contribution in [2.45, 2.75) is 6.92 Å². The molecule has 3 aromatic rings. The van der Waals surface area contributed by atoms with Crippen LogP contribution >= 0.6 is 0 Å². The Bertz CT molecular complexity index is 888. The van der Waals surface area contributed by atoms with E-state index in [0.29, 0.717) is 22.5 Å². The molecule has 4 heteroatoms. The number of hydrogen-bond donors (Lipinski definition) is 2. The van der Waals surface area contributed by atoms with Gasteiger partial charge in [-0.25, -0.2) is 4.39 Å². The highest BCUT2D eigenvalue weighted by molar-refractivity contribution is 5.90. The van der Waals surface area contributed by atoms with Crippen LogP contribution in [0.5, 0.6) is 0 Å². The van der Waals surface area contributed by atoms with Crippen molar-refractivity contribution >= 4 is 11.9 Å². The van der Waals surface area contributed by atoms with Crippen LogP contribution in [0.15, 0.2) is 54.7 Å². The molecule has 3 N–H and O–H groups in total. The fourth-order valence-electron chi connectivity index (χ4n) is 2.52. The van der Waals surface area contributed by atoms with Crippen molar-refractivity contribution < 1.29 is 4.39 Å². The van der Waals surface area contributed by atoms with Crippen molar-refractivity contribution in [3.05, 3.63) is 71.7 Å². The molecule has 0 spiro atoms. The summed E-state index contributed by atoms with van der Waals surface area (Å²) in [5.41, 5.74) is 11.3. The van der Waals surface area contributed by atoms with Gasteiger partial charge in [0.2, 0.25) is 0 Å². The normalized spacial score (nSPS) is 10.5. The number of aryl methyl sites for hydroxylation is 1. The molecule has 0 unspecified atom stereocenters. The third-order valence-corrected chi connectivity index (χ3v) is 3.68. The number of rotatable bonds is 3. The number of nitrogen functional groups attached to an aromatic ring is 1. The molecule has 3 nitrogen and oxygen atoms in total. The predicted octanol–water partition coefficient (Wildman–Crippen LogP) is 4.44. The minimum absolute atomic E-state index is 0.298. The van der Waals surface area contributed by atoms with Crippen molar-refractivity contribution in [1.29, 1.82) is 5.41 Å². The molecule has 0 saturated heterocycles. The minimum Gasteiger partial charge on any atom is -0.398 e. The minimum atomic E-state index is -0.298. The van der Waals surface area contributed by atoms with Crippen molar-refractivity contribution in [3.8, 4) is 22.4 Å². The number of aromatic nitrogens is 1. The Labute approximate surface area is 134 Å². The maximum atomic E-state index is 13.6. The number of nitrogens with one attached hydrogen (secondary N) is 1. The molecule has 0 radical (unpaired) electrons. The van der Waals surface area contributed by atoms with Crippen LogP contribution in [0.2, 0.25) is 0 Å². The summed E-state index contributed by atoms with van der Waals surface area (Å²) in [5.74, 6) is -0.298. The highest BCUT2D eigenvalue weighted by Gasteiger charge is 2.11. The lowest BCUT2D eigenvalue weighted by atomic mass is 9.96. The van der Waals surface area contributed by atoms with Gasteiger partial charge in [-0.1, -0.05) is 18.2 Å². The first-order valence-corrected chi connectivity index (χ1v) is 7.21. The second-order valence-corrected chi connectivity index (χ2v) is 5.41. The van der Waals surface area contributed by atoms with Crippen molar-refractivity contribution in [2.75, 3.05) is 5.73 Å². The zero-order valence-corrected chi connectivity index (χ0v) is 12.7. The van der Waals surface area contributed by atoms with Gasteiger partial charge in [-0.15, -0.1) is 0 Å². The number of benzene rings is 2. The van der Waals surface area contributed by atoms with E-state index in [-0.39, 0.29) is 5.82 Å². The van der Waals surface area contributed by atoms with Crippen LogP contribution in [-0.4, -0.2) is 11.2 Å². The summed E-state index contributed by atoms with van der Waals surface area (Å²) >= 11 is 0. The van der Waals surface area contributed by atoms with E-state index in [1.165, 1.54) is 18.3 Å². The second kappa shape index (κ2) is 6.01. The molecule has 1 aromatic heterocycles. The first-order chi connectivity index (χ1) is 11.1. The Morgan fingerprint density at radius 3 is 2.65 bits per heavy atom. The van der Waals surface area contributed by atoms with E-state index >= 15 is 0 Å². The summed E-state index contributed by atoms with van der Waals surface area (Å²) in [6.07, 6.45) is 2.99. The fraction of sp³-hybridized carbons (Fsp3) is 0.0526. The Morgan fingerprint density at radius 1 is 1.09 bits per heavy atom. The molecule has 0 atom stereocenters. The Kier molecular flexibility index (Phi) is 3.89. The summed E-state index contributed by atoms with van der Waals surface area (Å²) < 4.78 is 13.6. The molecule has 3 rings (SSSR count). The Hall–Kier alpha value is -3.01. The number of halogens is 1. The SMILES string of the molecule is Cc1cnc(-c2cccc(F)c2)c(-c2ccc(N)c(C=N)c2)c1. The van der Waals surface area contributed by atoms with Gasteiger partial charge in [0.1, 0.15) is 5.82 Å². The molecular formula is C19H16FN3. The summed E-state index contributed by atoms with van der Waals surface area (Å²) in [5, 5.41) is 7.46. The van der Waals surface area contributed by atoms with Crippen LogP contribution in [-0.2, 0) is 0 Å². The van der Waals surface area contributed by atoms with Crippen molar-refractivity contribution in [2.24, 2.45) is 0 Å². The molecule has 1 heterocycles. The average molecular weight is 305 g/mol. The van der Waals surface area contributed by atoms with E-state index in [1.807, 2.05) is 31.2 Å². The van der Waals surface area contributed by atoms with Crippen LogP contribution in [0.3, 0.4) is 0 Å². The largest absolute Gasteiger partial charge is 0.398 e. The zero-order valence-electron chi connectivity index (χ0n) is 12.7. The molecule has 0 aliphatic carbocycles. The molecular weight excluding hydrogens is 289 g/mol. The van der Waals surface area contributed by atoms with Gasteiger partial charge >= 0.3 is 0 Å². The first-order valence-electron chi connectivity index (χ1n) is 7.21. The van der Waals surface area contributed by atoms with E-state index in [1.54, 1.807) is 18.3 Å². The van der Waals surface area contributed by atoms with E-state index in [2.05, 4.69) is 4.98 Å². The molecule has 0 fully saturated rings.